The Bertz CT molecular complexity index is 23.4. The molecule has 0 spiro atoms. The average Bonchev–Trinajstić information content (AvgIpc) is 1.69. The van der Waals surface area contributed by atoms with Crippen LogP contribution in [0.4, 0.5) is 0 Å². The zero-order valence-electron chi connectivity index (χ0n) is 4.65. The zero-order valence-corrected chi connectivity index (χ0v) is 6.24. The van der Waals surface area contributed by atoms with Crippen molar-refractivity contribution in [2.75, 3.05) is 0 Å². The molecule has 0 saturated carbocycles. The van der Waals surface area contributed by atoms with Gasteiger partial charge in [-0.15, -0.1) is 0 Å². The normalized spacial score (nSPS) is 9.43. The summed E-state index contributed by atoms with van der Waals surface area (Å²) in [6.07, 6.45) is 5.84. The minimum absolute atomic E-state index is 1.16. The van der Waals surface area contributed by atoms with Gasteiger partial charge in [0.2, 0.25) is 0 Å². The van der Waals surface area contributed by atoms with Crippen LogP contribution in [0.25, 0.3) is 0 Å². The van der Waals surface area contributed by atoms with Gasteiger partial charge < -0.3 is 0 Å². The van der Waals surface area contributed by atoms with Gasteiger partial charge in [-0.2, -0.15) is 0 Å². The summed E-state index contributed by atoms with van der Waals surface area (Å²) in [5, 5.41) is 2.01. The molecule has 0 aliphatic heterocycles. The maximum Gasteiger partial charge on any atom is 0.0271 e. The third kappa shape index (κ3) is 6.48. The van der Waals surface area contributed by atoms with Gasteiger partial charge in [-0.05, 0) is 19.3 Å². The molecular formula is C6H11Br. The maximum atomic E-state index is 3.23. The number of halogens is 1. The van der Waals surface area contributed by atoms with Crippen molar-refractivity contribution in [3.05, 3.63) is 11.8 Å². The number of hydrogen-bond donors (Lipinski definition) is 0. The highest BCUT2D eigenvalue weighted by atomic mass is 79.9. The van der Waals surface area contributed by atoms with Crippen LogP contribution < -0.4 is 0 Å². The maximum absolute atomic E-state index is 3.23. The van der Waals surface area contributed by atoms with Crippen molar-refractivity contribution in [2.45, 2.75) is 26.2 Å². The number of unbranched alkanes of at least 4 members (excludes halogenated alkanes) is 3. The van der Waals surface area contributed by atoms with Crippen molar-refractivity contribution < 1.29 is 0 Å². The largest absolute Gasteiger partial charge is 0.0879 e. The summed E-state index contributed by atoms with van der Waals surface area (Å²) in [5.74, 6) is 0. The van der Waals surface area contributed by atoms with Crippen LogP contribution in [0.5, 0.6) is 0 Å². The first-order valence-electron chi connectivity index (χ1n) is 2.65. The third-order valence-electron chi connectivity index (χ3n) is 0.769. The molecule has 0 amide bonds. The van der Waals surface area contributed by atoms with Gasteiger partial charge in [0.25, 0.3) is 0 Å². The lowest BCUT2D eigenvalue weighted by Gasteiger charge is -1.89. The molecule has 0 aromatic carbocycles. The molecule has 0 N–H and O–H groups in total. The molecule has 0 atom stereocenters. The van der Waals surface area contributed by atoms with E-state index < -0.39 is 0 Å². The molecule has 0 bridgehead atoms. The van der Waals surface area contributed by atoms with Gasteiger partial charge in [-0.25, -0.2) is 0 Å². The van der Waals surface area contributed by atoms with Crippen molar-refractivity contribution in [2.24, 2.45) is 0 Å². The van der Waals surface area contributed by atoms with Crippen LogP contribution >= 0.6 is 15.9 Å². The summed E-state index contributed by atoms with van der Waals surface area (Å²) in [5.41, 5.74) is 0. The quantitative estimate of drug-likeness (QED) is 0.559. The van der Waals surface area contributed by atoms with Gasteiger partial charge in [0.05, 0.1) is 0 Å². The Kier molecular flexibility index (Phi) is 6.92. The van der Waals surface area contributed by atoms with Crippen LogP contribution in [0.3, 0.4) is 0 Å². The van der Waals surface area contributed by atoms with E-state index in [1.165, 1.54) is 12.8 Å². The molecule has 1 heteroatoms. The van der Waals surface area contributed by atoms with Gasteiger partial charge in [0.15, 0.2) is 0 Å². The van der Waals surface area contributed by atoms with Crippen molar-refractivity contribution in [1.29, 1.82) is 0 Å². The van der Waals surface area contributed by atoms with Crippen LogP contribution in [0.1, 0.15) is 26.2 Å². The highest BCUT2D eigenvalue weighted by Crippen LogP contribution is 2.03. The molecule has 0 aliphatic rings. The molecule has 0 aromatic heterocycles. The fourth-order valence-corrected chi connectivity index (χ4v) is 0.649. The molecule has 0 aromatic rings. The monoisotopic (exact) mass is 162 g/mol. The summed E-state index contributed by atoms with van der Waals surface area (Å²) in [7, 11) is 0. The van der Waals surface area contributed by atoms with Crippen molar-refractivity contribution >= 4 is 15.9 Å². The minimum atomic E-state index is 1.16. The molecular weight excluding hydrogens is 152 g/mol. The summed E-state index contributed by atoms with van der Waals surface area (Å²) < 4.78 is 0. The van der Waals surface area contributed by atoms with Gasteiger partial charge in [0, 0.05) is 5.33 Å². The molecule has 7 heavy (non-hydrogen) atoms. The predicted molar refractivity (Wildman–Crippen MR) is 37.1 cm³/mol. The molecule has 0 fully saturated rings. The third-order valence-corrected chi connectivity index (χ3v) is 1.23. The molecule has 0 nitrogen and oxygen atoms in total. The smallest absolute Gasteiger partial charge is 0.0271 e. The Morgan fingerprint density at radius 2 is 2.14 bits per heavy atom. The first kappa shape index (κ1) is 7.48. The highest BCUT2D eigenvalue weighted by molar-refractivity contribution is 9.10. The SMILES string of the molecule is CC[CH]CC[CH]Br. The lowest BCUT2D eigenvalue weighted by molar-refractivity contribution is 0.894. The van der Waals surface area contributed by atoms with E-state index in [9.17, 15) is 0 Å². The predicted octanol–water partition coefficient (Wildman–Crippen LogP) is 2.94. The lowest BCUT2D eigenvalue weighted by Crippen LogP contribution is -1.71. The first-order valence-corrected chi connectivity index (χ1v) is 3.57. The van der Waals surface area contributed by atoms with Crippen molar-refractivity contribution in [3.63, 3.8) is 0 Å². The van der Waals surface area contributed by atoms with Crippen molar-refractivity contribution in [3.8, 4) is 0 Å². The van der Waals surface area contributed by atoms with Gasteiger partial charge in [-0.1, -0.05) is 29.3 Å². The first-order chi connectivity index (χ1) is 3.41. The molecule has 0 saturated heterocycles. The molecule has 0 rings (SSSR count). The fraction of sp³-hybridized carbons (Fsp3) is 0.667. The standard InChI is InChI=1S/C6H11Br/c1-2-3-4-5-6-7/h3,6H,2,4-5H2,1H3. The van der Waals surface area contributed by atoms with Crippen LogP contribution in [0, 0.1) is 11.8 Å². The summed E-state index contributed by atoms with van der Waals surface area (Å²) in [6.45, 7) is 2.16. The second-order valence-corrected chi connectivity index (χ2v) is 2.08. The second kappa shape index (κ2) is 6.48. The van der Waals surface area contributed by atoms with E-state index in [0.717, 1.165) is 6.42 Å². The molecule has 0 unspecified atom stereocenters. The Hall–Kier alpha value is 0.480. The summed E-state index contributed by atoms with van der Waals surface area (Å²) >= 11 is 3.23. The average molecular weight is 163 g/mol. The van der Waals surface area contributed by atoms with Crippen LogP contribution in [-0.4, -0.2) is 0 Å². The Morgan fingerprint density at radius 1 is 1.43 bits per heavy atom. The van der Waals surface area contributed by atoms with Gasteiger partial charge >= 0.3 is 0 Å². The molecule has 0 heterocycles. The Balaban J connectivity index is 2.45. The number of hydrogen-bond acceptors (Lipinski definition) is 0. The Labute approximate surface area is 54.4 Å². The molecule has 2 radical (unpaired) electrons. The van der Waals surface area contributed by atoms with Crippen LogP contribution in [-0.2, 0) is 0 Å². The second-order valence-electron chi connectivity index (χ2n) is 1.43. The van der Waals surface area contributed by atoms with E-state index in [4.69, 9.17) is 0 Å². The van der Waals surface area contributed by atoms with Crippen molar-refractivity contribution in [1.82, 2.24) is 0 Å². The van der Waals surface area contributed by atoms with E-state index in [1.807, 2.05) is 5.33 Å². The minimum Gasteiger partial charge on any atom is -0.0879 e. The highest BCUT2D eigenvalue weighted by Gasteiger charge is 1.81. The number of rotatable bonds is 4. The summed E-state index contributed by atoms with van der Waals surface area (Å²) in [6, 6.07) is 0. The fourth-order valence-electron chi connectivity index (χ4n) is 0.385. The van der Waals surface area contributed by atoms with Crippen LogP contribution in [0.15, 0.2) is 0 Å². The van der Waals surface area contributed by atoms with E-state index in [2.05, 4.69) is 29.3 Å². The topological polar surface area (TPSA) is 0 Å². The van der Waals surface area contributed by atoms with E-state index in [-0.39, 0.29) is 0 Å². The zero-order chi connectivity index (χ0) is 5.54. The van der Waals surface area contributed by atoms with E-state index in [0.29, 0.717) is 0 Å². The van der Waals surface area contributed by atoms with E-state index in [1.54, 1.807) is 0 Å². The van der Waals surface area contributed by atoms with E-state index >= 15 is 0 Å². The lowest BCUT2D eigenvalue weighted by atomic mass is 10.2. The van der Waals surface area contributed by atoms with Gasteiger partial charge in [0.1, 0.15) is 0 Å². The Morgan fingerprint density at radius 3 is 2.57 bits per heavy atom. The molecule has 42 valence electrons. The van der Waals surface area contributed by atoms with Gasteiger partial charge in [-0.3, -0.25) is 0 Å². The van der Waals surface area contributed by atoms with Crippen LogP contribution in [0.2, 0.25) is 0 Å². The molecule has 0 aliphatic carbocycles. The summed E-state index contributed by atoms with van der Waals surface area (Å²) in [4.78, 5) is 0.